The third-order valence-electron chi connectivity index (χ3n) is 2.50. The molecule has 3 N–H and O–H groups in total. The molecule has 5 heteroatoms. The van der Waals surface area contributed by atoms with E-state index in [0.29, 0.717) is 13.0 Å². The van der Waals surface area contributed by atoms with E-state index in [1.54, 1.807) is 13.4 Å². The number of amides is 1. The van der Waals surface area contributed by atoms with Crippen LogP contribution < -0.4 is 11.1 Å². The van der Waals surface area contributed by atoms with E-state index < -0.39 is 0 Å². The minimum atomic E-state index is -0.217. The smallest absolute Gasteiger partial charge is 0.222 e. The zero-order chi connectivity index (χ0) is 12.7. The summed E-state index contributed by atoms with van der Waals surface area (Å²) in [6.45, 7) is 2.28. The number of hydrogen-bond donors (Lipinski definition) is 2. The lowest BCUT2D eigenvalue weighted by Crippen LogP contribution is -2.37. The molecule has 0 saturated heterocycles. The SMILES string of the molecule is COC(CN)CC(=O)NC(C)Cc1ccco1. The van der Waals surface area contributed by atoms with Crippen molar-refractivity contribution in [3.63, 3.8) is 0 Å². The molecule has 1 amide bonds. The Kier molecular flexibility index (Phi) is 5.72. The highest BCUT2D eigenvalue weighted by Gasteiger charge is 2.14. The molecule has 1 rings (SSSR count). The van der Waals surface area contributed by atoms with Gasteiger partial charge in [0.25, 0.3) is 0 Å². The Morgan fingerprint density at radius 2 is 2.41 bits per heavy atom. The highest BCUT2D eigenvalue weighted by Crippen LogP contribution is 2.04. The maximum Gasteiger partial charge on any atom is 0.222 e. The van der Waals surface area contributed by atoms with Crippen molar-refractivity contribution in [1.82, 2.24) is 5.32 Å². The van der Waals surface area contributed by atoms with Crippen molar-refractivity contribution in [3.8, 4) is 0 Å². The first-order valence-electron chi connectivity index (χ1n) is 5.70. The molecular formula is C12H20N2O3. The summed E-state index contributed by atoms with van der Waals surface area (Å²) in [5.41, 5.74) is 5.45. The van der Waals surface area contributed by atoms with E-state index in [1.165, 1.54) is 0 Å². The Labute approximate surface area is 101 Å². The minimum Gasteiger partial charge on any atom is -0.469 e. The van der Waals surface area contributed by atoms with Gasteiger partial charge in [-0.3, -0.25) is 4.79 Å². The van der Waals surface area contributed by atoms with Gasteiger partial charge in [-0.15, -0.1) is 0 Å². The fraction of sp³-hybridized carbons (Fsp3) is 0.583. The molecule has 2 unspecified atom stereocenters. The van der Waals surface area contributed by atoms with Crippen molar-refractivity contribution in [2.24, 2.45) is 5.73 Å². The zero-order valence-electron chi connectivity index (χ0n) is 10.3. The monoisotopic (exact) mass is 240 g/mol. The number of nitrogens with two attached hydrogens (primary N) is 1. The van der Waals surface area contributed by atoms with E-state index in [2.05, 4.69) is 5.32 Å². The van der Waals surface area contributed by atoms with Crippen LogP contribution in [0.1, 0.15) is 19.1 Å². The molecule has 0 bridgehead atoms. The van der Waals surface area contributed by atoms with Crippen molar-refractivity contribution in [2.75, 3.05) is 13.7 Å². The Hall–Kier alpha value is -1.33. The number of rotatable bonds is 7. The number of nitrogens with one attached hydrogen (secondary N) is 1. The van der Waals surface area contributed by atoms with Gasteiger partial charge in [0.05, 0.1) is 18.8 Å². The summed E-state index contributed by atoms with van der Waals surface area (Å²) in [5, 5.41) is 2.88. The van der Waals surface area contributed by atoms with Crippen LogP contribution in [0.25, 0.3) is 0 Å². The fourth-order valence-electron chi connectivity index (χ4n) is 1.58. The lowest BCUT2D eigenvalue weighted by atomic mass is 10.1. The molecule has 1 aromatic heterocycles. The van der Waals surface area contributed by atoms with Crippen LogP contribution in [0.4, 0.5) is 0 Å². The fourth-order valence-corrected chi connectivity index (χ4v) is 1.58. The van der Waals surface area contributed by atoms with Gasteiger partial charge < -0.3 is 20.2 Å². The van der Waals surface area contributed by atoms with Gasteiger partial charge in [0.15, 0.2) is 0 Å². The van der Waals surface area contributed by atoms with Crippen molar-refractivity contribution in [1.29, 1.82) is 0 Å². The highest BCUT2D eigenvalue weighted by molar-refractivity contribution is 5.76. The maximum absolute atomic E-state index is 11.6. The topological polar surface area (TPSA) is 77.5 Å². The van der Waals surface area contributed by atoms with E-state index >= 15 is 0 Å². The first-order chi connectivity index (χ1) is 8.15. The largest absolute Gasteiger partial charge is 0.469 e. The van der Waals surface area contributed by atoms with E-state index in [-0.39, 0.29) is 24.5 Å². The van der Waals surface area contributed by atoms with Crippen LogP contribution in [-0.4, -0.2) is 31.7 Å². The molecule has 5 nitrogen and oxygen atoms in total. The van der Waals surface area contributed by atoms with Crippen LogP contribution in [0.5, 0.6) is 0 Å². The number of carbonyl (C=O) groups is 1. The summed E-state index contributed by atoms with van der Waals surface area (Å²) in [6.07, 6.45) is 2.37. The molecule has 0 spiro atoms. The molecule has 0 radical (unpaired) electrons. The van der Waals surface area contributed by atoms with Crippen LogP contribution in [0.3, 0.4) is 0 Å². The standard InChI is InChI=1S/C12H20N2O3/c1-9(6-10-4-3-5-17-10)14-12(15)7-11(8-13)16-2/h3-5,9,11H,6-8,13H2,1-2H3,(H,14,15). The molecule has 1 aromatic rings. The van der Waals surface area contributed by atoms with Crippen LogP contribution in [0.2, 0.25) is 0 Å². The predicted molar refractivity (Wildman–Crippen MR) is 64.5 cm³/mol. The number of carbonyl (C=O) groups excluding carboxylic acids is 1. The van der Waals surface area contributed by atoms with Crippen molar-refractivity contribution < 1.29 is 13.9 Å². The van der Waals surface area contributed by atoms with E-state index in [0.717, 1.165) is 5.76 Å². The van der Waals surface area contributed by atoms with E-state index in [4.69, 9.17) is 14.9 Å². The van der Waals surface area contributed by atoms with Gasteiger partial charge in [-0.05, 0) is 19.1 Å². The molecule has 0 aromatic carbocycles. The Balaban J connectivity index is 2.30. The van der Waals surface area contributed by atoms with Gasteiger partial charge in [0.2, 0.25) is 5.91 Å². The average Bonchev–Trinajstić information content (AvgIpc) is 2.78. The number of hydrogen-bond acceptors (Lipinski definition) is 4. The van der Waals surface area contributed by atoms with Crippen LogP contribution in [0.15, 0.2) is 22.8 Å². The summed E-state index contributed by atoms with van der Waals surface area (Å²) >= 11 is 0. The molecule has 0 aliphatic rings. The summed E-state index contributed by atoms with van der Waals surface area (Å²) in [7, 11) is 1.55. The number of ether oxygens (including phenoxy) is 1. The molecule has 0 aliphatic carbocycles. The second-order valence-corrected chi connectivity index (χ2v) is 4.05. The number of furan rings is 1. The van der Waals surface area contributed by atoms with E-state index in [1.807, 2.05) is 19.1 Å². The van der Waals surface area contributed by atoms with Crippen molar-refractivity contribution >= 4 is 5.91 Å². The first-order valence-corrected chi connectivity index (χ1v) is 5.70. The first kappa shape index (κ1) is 13.7. The third kappa shape index (κ3) is 5.01. The van der Waals surface area contributed by atoms with Gasteiger partial charge in [-0.25, -0.2) is 0 Å². The molecule has 1 heterocycles. The quantitative estimate of drug-likeness (QED) is 0.735. The van der Waals surface area contributed by atoms with Crippen LogP contribution in [0, 0.1) is 0 Å². The van der Waals surface area contributed by atoms with Crippen LogP contribution >= 0.6 is 0 Å². The number of methoxy groups -OCH3 is 1. The molecule has 0 aliphatic heterocycles. The molecular weight excluding hydrogens is 220 g/mol. The average molecular weight is 240 g/mol. The van der Waals surface area contributed by atoms with Gasteiger partial charge in [0.1, 0.15) is 5.76 Å². The molecule has 0 saturated carbocycles. The summed E-state index contributed by atoms with van der Waals surface area (Å²) < 4.78 is 10.3. The normalized spacial score (nSPS) is 14.3. The second kappa shape index (κ2) is 7.09. The zero-order valence-corrected chi connectivity index (χ0v) is 10.3. The molecule has 17 heavy (non-hydrogen) atoms. The Morgan fingerprint density at radius 3 is 2.94 bits per heavy atom. The molecule has 0 fully saturated rings. The maximum atomic E-state index is 11.6. The second-order valence-electron chi connectivity index (χ2n) is 4.05. The Bertz CT molecular complexity index is 321. The minimum absolute atomic E-state index is 0.0314. The van der Waals surface area contributed by atoms with Gasteiger partial charge >= 0.3 is 0 Å². The Morgan fingerprint density at radius 1 is 1.65 bits per heavy atom. The molecule has 96 valence electrons. The van der Waals surface area contributed by atoms with E-state index in [9.17, 15) is 4.79 Å². The summed E-state index contributed by atoms with van der Waals surface area (Å²) in [6, 6.07) is 3.75. The van der Waals surface area contributed by atoms with Gasteiger partial charge in [-0.2, -0.15) is 0 Å². The van der Waals surface area contributed by atoms with Gasteiger partial charge in [-0.1, -0.05) is 0 Å². The highest BCUT2D eigenvalue weighted by atomic mass is 16.5. The van der Waals surface area contributed by atoms with Gasteiger partial charge in [0, 0.05) is 26.1 Å². The lowest BCUT2D eigenvalue weighted by molar-refractivity contribution is -0.123. The lowest BCUT2D eigenvalue weighted by Gasteiger charge is -2.16. The summed E-state index contributed by atoms with van der Waals surface area (Å²) in [5.74, 6) is 0.807. The van der Waals surface area contributed by atoms with Crippen molar-refractivity contribution in [2.45, 2.75) is 31.9 Å². The molecule has 2 atom stereocenters. The van der Waals surface area contributed by atoms with Crippen molar-refractivity contribution in [3.05, 3.63) is 24.2 Å². The third-order valence-corrected chi connectivity index (χ3v) is 2.50. The predicted octanol–water partition coefficient (Wildman–Crippen LogP) is 0.691. The van der Waals surface area contributed by atoms with Crippen LogP contribution in [-0.2, 0) is 16.0 Å². The summed E-state index contributed by atoms with van der Waals surface area (Å²) in [4.78, 5) is 11.6.